The van der Waals surface area contributed by atoms with Crippen LogP contribution in [0.25, 0.3) is 16.8 Å². The Bertz CT molecular complexity index is 1450. The number of H-pyrrole nitrogens is 1. The van der Waals surface area contributed by atoms with Crippen LogP contribution in [0, 0.1) is 6.92 Å². The zero-order chi connectivity index (χ0) is 23.8. The molecule has 34 heavy (non-hydrogen) atoms. The lowest BCUT2D eigenvalue weighted by Gasteiger charge is -2.30. The van der Waals surface area contributed by atoms with E-state index >= 15 is 0 Å². The van der Waals surface area contributed by atoms with Gasteiger partial charge in [-0.05, 0) is 48.7 Å². The van der Waals surface area contributed by atoms with E-state index in [0.717, 1.165) is 51.1 Å². The van der Waals surface area contributed by atoms with Crippen molar-refractivity contribution in [3.63, 3.8) is 0 Å². The van der Waals surface area contributed by atoms with Gasteiger partial charge in [-0.1, -0.05) is 11.6 Å². The highest BCUT2D eigenvalue weighted by atomic mass is 35.5. The molecule has 0 bridgehead atoms. The molecule has 1 unspecified atom stereocenters. The highest BCUT2D eigenvalue weighted by Gasteiger charge is 2.23. The molecule has 1 fully saturated rings. The van der Waals surface area contributed by atoms with Crippen LogP contribution in [-0.2, 0) is 17.7 Å². The van der Waals surface area contributed by atoms with Gasteiger partial charge in [-0.2, -0.15) is 5.10 Å². The maximum Gasteiger partial charge on any atom is 0.328 e. The zero-order valence-corrected chi connectivity index (χ0v) is 19.7. The molecule has 5 rings (SSSR count). The Balaban J connectivity index is 1.58. The summed E-state index contributed by atoms with van der Waals surface area (Å²) in [6, 6.07) is 7.10. The van der Waals surface area contributed by atoms with Gasteiger partial charge >= 0.3 is 5.69 Å². The number of morpholine rings is 1. The van der Waals surface area contributed by atoms with Crippen molar-refractivity contribution in [2.45, 2.75) is 39.0 Å². The molecule has 9 nitrogen and oxygen atoms in total. The predicted molar refractivity (Wildman–Crippen MR) is 130 cm³/mol. The van der Waals surface area contributed by atoms with Gasteiger partial charge in [-0.15, -0.1) is 0 Å². The smallest absolute Gasteiger partial charge is 0.328 e. The van der Waals surface area contributed by atoms with Crippen LogP contribution >= 0.6 is 11.6 Å². The van der Waals surface area contributed by atoms with E-state index in [4.69, 9.17) is 16.3 Å². The number of nitrogens with one attached hydrogen (secondary N) is 2. The monoisotopic (exact) mass is 480 g/mol. The molecule has 10 heteroatoms. The van der Waals surface area contributed by atoms with Gasteiger partial charge < -0.3 is 15.0 Å². The number of rotatable bonds is 5. The standard InChI is InChI=1S/C24H25ClN6O3/c1-14-5-17(25)7-20(19(14)8-18-10-26-9-15(2)34-18)23-21-6-16(12-31(21)29-13-28-23)11-30-22(32)3-4-27-24(30)33/h3-7,12-13,15,18,26H,8-11H2,1-2H3,(H,27,33)/t15-,18?/m0/s1. The maximum atomic E-state index is 12.2. The van der Waals surface area contributed by atoms with Gasteiger partial charge in [-0.25, -0.2) is 14.3 Å². The summed E-state index contributed by atoms with van der Waals surface area (Å²) in [6.07, 6.45) is 5.54. The third-order valence-corrected chi connectivity index (χ3v) is 6.32. The molecule has 0 spiro atoms. The van der Waals surface area contributed by atoms with Crippen LogP contribution in [0.1, 0.15) is 23.6 Å². The van der Waals surface area contributed by atoms with E-state index in [-0.39, 0.29) is 24.3 Å². The predicted octanol–water partition coefficient (Wildman–Crippen LogP) is 2.18. The Kier molecular flexibility index (Phi) is 6.07. The van der Waals surface area contributed by atoms with Gasteiger partial charge in [0.05, 0.1) is 30.0 Å². The second-order valence-electron chi connectivity index (χ2n) is 8.67. The first-order valence-corrected chi connectivity index (χ1v) is 11.5. The molecular weight excluding hydrogens is 456 g/mol. The van der Waals surface area contributed by atoms with Crippen molar-refractivity contribution in [2.24, 2.45) is 0 Å². The Labute approximate surface area is 200 Å². The summed E-state index contributed by atoms with van der Waals surface area (Å²) in [5, 5.41) is 8.39. The van der Waals surface area contributed by atoms with Crippen LogP contribution in [0.5, 0.6) is 0 Å². The van der Waals surface area contributed by atoms with E-state index in [1.54, 1.807) is 10.7 Å². The molecule has 0 amide bonds. The van der Waals surface area contributed by atoms with Crippen LogP contribution in [0.2, 0.25) is 5.02 Å². The number of hydrogen-bond donors (Lipinski definition) is 2. The number of benzene rings is 1. The lowest BCUT2D eigenvalue weighted by atomic mass is 9.93. The van der Waals surface area contributed by atoms with E-state index in [1.807, 2.05) is 25.1 Å². The van der Waals surface area contributed by atoms with E-state index < -0.39 is 5.69 Å². The number of ether oxygens (including phenoxy) is 1. The van der Waals surface area contributed by atoms with E-state index in [0.29, 0.717) is 11.4 Å². The molecule has 2 atom stereocenters. The van der Waals surface area contributed by atoms with Crippen LogP contribution in [0.4, 0.5) is 0 Å². The molecular formula is C24H25ClN6O3. The first kappa shape index (κ1) is 22.5. The quantitative estimate of drug-likeness (QED) is 0.453. The lowest BCUT2D eigenvalue weighted by molar-refractivity contribution is -0.0262. The van der Waals surface area contributed by atoms with Crippen molar-refractivity contribution in [2.75, 3.05) is 13.1 Å². The summed E-state index contributed by atoms with van der Waals surface area (Å²) >= 11 is 6.47. The SMILES string of the molecule is Cc1cc(Cl)cc(-c2ncnn3cc(Cn4c(=O)cc[nH]c4=O)cc23)c1CC1CNC[C@H](C)O1. The summed E-state index contributed by atoms with van der Waals surface area (Å²) in [4.78, 5) is 31.4. The molecule has 0 aliphatic carbocycles. The van der Waals surface area contributed by atoms with E-state index in [9.17, 15) is 9.59 Å². The average molecular weight is 481 g/mol. The molecule has 176 valence electrons. The highest BCUT2D eigenvalue weighted by molar-refractivity contribution is 6.31. The molecule has 0 radical (unpaired) electrons. The molecule has 4 heterocycles. The molecule has 4 aromatic rings. The van der Waals surface area contributed by atoms with Crippen molar-refractivity contribution >= 4 is 17.1 Å². The van der Waals surface area contributed by atoms with Crippen molar-refractivity contribution in [1.29, 1.82) is 0 Å². The first-order valence-electron chi connectivity index (χ1n) is 11.2. The molecule has 2 N–H and O–H groups in total. The van der Waals surface area contributed by atoms with Crippen molar-refractivity contribution in [3.05, 3.63) is 85.5 Å². The minimum absolute atomic E-state index is 0.0410. The van der Waals surface area contributed by atoms with Gasteiger partial charge in [-0.3, -0.25) is 9.36 Å². The van der Waals surface area contributed by atoms with Crippen LogP contribution in [0.3, 0.4) is 0 Å². The van der Waals surface area contributed by atoms with Gasteiger partial charge in [0.1, 0.15) is 6.33 Å². The minimum atomic E-state index is -0.461. The lowest BCUT2D eigenvalue weighted by Crippen LogP contribution is -2.44. The van der Waals surface area contributed by atoms with Crippen molar-refractivity contribution in [1.82, 2.24) is 29.5 Å². The number of fused-ring (bicyclic) bond motifs is 1. The topological polar surface area (TPSA) is 106 Å². The Morgan fingerprint density at radius 3 is 2.88 bits per heavy atom. The van der Waals surface area contributed by atoms with Crippen LogP contribution in [0.15, 0.2) is 52.6 Å². The van der Waals surface area contributed by atoms with Crippen molar-refractivity contribution in [3.8, 4) is 11.3 Å². The largest absolute Gasteiger partial charge is 0.372 e. The second kappa shape index (κ2) is 9.17. The summed E-state index contributed by atoms with van der Waals surface area (Å²) in [6.45, 7) is 5.85. The highest BCUT2D eigenvalue weighted by Crippen LogP contribution is 2.33. The Morgan fingerprint density at radius 2 is 2.09 bits per heavy atom. The fourth-order valence-electron chi connectivity index (χ4n) is 4.54. The fraction of sp³-hybridized carbons (Fsp3) is 0.333. The van der Waals surface area contributed by atoms with E-state index in [1.165, 1.54) is 18.6 Å². The number of aryl methyl sites for hydroxylation is 1. The number of aromatic amines is 1. The molecule has 1 aliphatic rings. The minimum Gasteiger partial charge on any atom is -0.372 e. The van der Waals surface area contributed by atoms with Gasteiger partial charge in [0.25, 0.3) is 5.56 Å². The second-order valence-corrected chi connectivity index (χ2v) is 9.11. The first-order chi connectivity index (χ1) is 16.4. The average Bonchev–Trinajstić information content (AvgIpc) is 3.21. The van der Waals surface area contributed by atoms with Gasteiger partial charge in [0.2, 0.25) is 0 Å². The zero-order valence-electron chi connectivity index (χ0n) is 18.9. The summed E-state index contributed by atoms with van der Waals surface area (Å²) in [5.74, 6) is 0. The van der Waals surface area contributed by atoms with Crippen LogP contribution < -0.4 is 16.6 Å². The van der Waals surface area contributed by atoms with Gasteiger partial charge in [0, 0.05) is 48.6 Å². The number of halogens is 1. The van der Waals surface area contributed by atoms with Gasteiger partial charge in [0.15, 0.2) is 0 Å². The number of aromatic nitrogens is 5. The third-order valence-electron chi connectivity index (χ3n) is 6.10. The molecule has 1 aromatic carbocycles. The number of nitrogens with zero attached hydrogens (tertiary/aromatic N) is 4. The molecule has 1 saturated heterocycles. The molecule has 1 aliphatic heterocycles. The Morgan fingerprint density at radius 1 is 1.24 bits per heavy atom. The van der Waals surface area contributed by atoms with E-state index in [2.05, 4.69) is 27.3 Å². The fourth-order valence-corrected chi connectivity index (χ4v) is 4.81. The molecule has 3 aromatic heterocycles. The molecule has 0 saturated carbocycles. The maximum absolute atomic E-state index is 12.2. The summed E-state index contributed by atoms with van der Waals surface area (Å²) in [7, 11) is 0. The normalized spacial score (nSPS) is 18.4. The summed E-state index contributed by atoms with van der Waals surface area (Å²) < 4.78 is 9.00. The summed E-state index contributed by atoms with van der Waals surface area (Å²) in [5.41, 5.74) is 4.52. The van der Waals surface area contributed by atoms with Crippen LogP contribution in [-0.4, -0.2) is 49.4 Å². The van der Waals surface area contributed by atoms with Crippen molar-refractivity contribution < 1.29 is 4.74 Å². The Hall–Kier alpha value is -3.27. The third kappa shape index (κ3) is 4.42. The number of hydrogen-bond acceptors (Lipinski definition) is 6.